The molecule has 0 heterocycles. The van der Waals surface area contributed by atoms with Crippen LogP contribution >= 0.6 is 0 Å². The zero-order valence-corrected chi connectivity index (χ0v) is 22.9. The number of nitro benzene ring substituents is 2. The number of unbranched alkanes of at least 4 members (excludes halogenated alkanes) is 2. The van der Waals surface area contributed by atoms with Gasteiger partial charge in [-0.2, -0.15) is 0 Å². The lowest BCUT2D eigenvalue weighted by Gasteiger charge is -2.37. The van der Waals surface area contributed by atoms with E-state index in [1.165, 1.54) is 63.5 Å². The van der Waals surface area contributed by atoms with Gasteiger partial charge in [0.2, 0.25) is 0 Å². The highest BCUT2D eigenvalue weighted by molar-refractivity contribution is 5.75. The summed E-state index contributed by atoms with van der Waals surface area (Å²) in [5.74, 6) is 2.73. The Balaban J connectivity index is 1.24. The number of esters is 1. The Morgan fingerprint density at radius 2 is 1.36 bits per heavy atom. The maximum atomic E-state index is 12.8. The molecule has 8 heteroatoms. The zero-order chi connectivity index (χ0) is 27.8. The molecule has 0 bridgehead atoms. The van der Waals surface area contributed by atoms with Crippen molar-refractivity contribution < 1.29 is 19.4 Å². The van der Waals surface area contributed by atoms with Crippen LogP contribution in [-0.2, 0) is 11.2 Å². The van der Waals surface area contributed by atoms with Crippen molar-refractivity contribution in [1.29, 1.82) is 0 Å². The topological polar surface area (TPSA) is 113 Å². The number of rotatable bonds is 11. The van der Waals surface area contributed by atoms with E-state index in [0.29, 0.717) is 17.7 Å². The number of nitrogens with zero attached hydrogens (tertiary/aromatic N) is 2. The fraction of sp³-hybridized carbons (Fsp3) is 0.581. The number of benzene rings is 2. The minimum absolute atomic E-state index is 0.0586. The predicted molar refractivity (Wildman–Crippen MR) is 150 cm³/mol. The summed E-state index contributed by atoms with van der Waals surface area (Å²) in [6, 6.07) is 10.6. The van der Waals surface area contributed by atoms with Crippen molar-refractivity contribution in [2.45, 2.75) is 90.4 Å². The lowest BCUT2D eigenvalue weighted by molar-refractivity contribution is -0.394. The summed E-state index contributed by atoms with van der Waals surface area (Å²) in [6.45, 7) is 2.27. The van der Waals surface area contributed by atoms with Gasteiger partial charge in [-0.1, -0.05) is 57.6 Å². The molecule has 0 radical (unpaired) electrons. The van der Waals surface area contributed by atoms with Crippen LogP contribution in [0.25, 0.3) is 0 Å². The number of nitro groups is 2. The molecule has 0 N–H and O–H groups in total. The van der Waals surface area contributed by atoms with E-state index in [0.717, 1.165) is 55.1 Å². The molecule has 2 saturated carbocycles. The lowest BCUT2D eigenvalue weighted by Crippen LogP contribution is -2.30. The minimum Gasteiger partial charge on any atom is -0.426 e. The van der Waals surface area contributed by atoms with Gasteiger partial charge in [-0.3, -0.25) is 25.0 Å². The average molecular weight is 537 g/mol. The second-order valence-electron chi connectivity index (χ2n) is 11.5. The first-order valence-corrected chi connectivity index (χ1v) is 14.6. The zero-order valence-electron chi connectivity index (χ0n) is 22.9. The van der Waals surface area contributed by atoms with E-state index in [-0.39, 0.29) is 23.3 Å². The molecule has 2 aliphatic carbocycles. The number of ether oxygens (including phenoxy) is 1. The third kappa shape index (κ3) is 8.10. The third-order valence-corrected chi connectivity index (χ3v) is 8.81. The van der Waals surface area contributed by atoms with Gasteiger partial charge in [0.25, 0.3) is 11.4 Å². The highest BCUT2D eigenvalue weighted by Crippen LogP contribution is 2.42. The van der Waals surface area contributed by atoms with Crippen LogP contribution in [0.3, 0.4) is 0 Å². The molecule has 0 saturated heterocycles. The quantitative estimate of drug-likeness (QED) is 0.0940. The Bertz CT molecular complexity index is 1100. The molecule has 2 aromatic carbocycles. The summed E-state index contributed by atoms with van der Waals surface area (Å²) in [4.78, 5) is 33.9. The molecule has 0 spiro atoms. The summed E-state index contributed by atoms with van der Waals surface area (Å²) < 4.78 is 5.68. The van der Waals surface area contributed by atoms with E-state index in [1.54, 1.807) is 24.3 Å². The summed E-state index contributed by atoms with van der Waals surface area (Å²) in [6.07, 6.45) is 15.2. The van der Waals surface area contributed by atoms with Crippen LogP contribution in [-0.4, -0.2) is 15.8 Å². The normalized spacial score (nSPS) is 23.2. The van der Waals surface area contributed by atoms with Gasteiger partial charge in [-0.25, -0.2) is 0 Å². The van der Waals surface area contributed by atoms with Gasteiger partial charge in [-0.05, 0) is 86.0 Å². The first kappa shape index (κ1) is 28.7. The minimum atomic E-state index is -0.632. The monoisotopic (exact) mass is 536 g/mol. The van der Waals surface area contributed by atoms with Gasteiger partial charge in [0, 0.05) is 12.1 Å². The Morgan fingerprint density at radius 1 is 0.795 bits per heavy atom. The fourth-order valence-electron chi connectivity index (χ4n) is 6.54. The van der Waals surface area contributed by atoms with Crippen LogP contribution in [0.4, 0.5) is 11.4 Å². The molecule has 2 aromatic rings. The van der Waals surface area contributed by atoms with Crippen LogP contribution in [0, 0.1) is 43.9 Å². The van der Waals surface area contributed by atoms with E-state index in [9.17, 15) is 25.0 Å². The highest BCUT2D eigenvalue weighted by atomic mass is 16.6. The van der Waals surface area contributed by atoms with Crippen molar-refractivity contribution in [3.8, 4) is 5.75 Å². The third-order valence-electron chi connectivity index (χ3n) is 8.81. The van der Waals surface area contributed by atoms with Crippen LogP contribution in [0.15, 0.2) is 42.5 Å². The van der Waals surface area contributed by atoms with Crippen LogP contribution in [0.1, 0.15) is 95.1 Å². The second-order valence-corrected chi connectivity index (χ2v) is 11.5. The van der Waals surface area contributed by atoms with Crippen molar-refractivity contribution in [2.75, 3.05) is 0 Å². The Morgan fingerprint density at radius 3 is 1.90 bits per heavy atom. The highest BCUT2D eigenvalue weighted by Gasteiger charge is 2.33. The smallest absolute Gasteiger partial charge is 0.314 e. The summed E-state index contributed by atoms with van der Waals surface area (Å²) in [7, 11) is 0. The van der Waals surface area contributed by atoms with Gasteiger partial charge >= 0.3 is 5.97 Å². The van der Waals surface area contributed by atoms with Gasteiger partial charge < -0.3 is 4.74 Å². The molecule has 4 rings (SSSR count). The van der Waals surface area contributed by atoms with Crippen molar-refractivity contribution in [3.05, 3.63) is 73.8 Å². The number of carbonyl (C=O) groups excluding carboxylic acids is 1. The molecule has 210 valence electrons. The molecule has 2 aliphatic rings. The maximum absolute atomic E-state index is 12.8. The number of hydrogen-bond donors (Lipinski definition) is 0. The number of carbonyl (C=O) groups is 1. The SMILES string of the molecule is CCCCCC1CCC(C2CCC(C(=O)Oc3ccc(Cc4cc([N+](=O)[O-])cc([N+](=O)[O-])c4)cc3)CC2)CC1. The molecule has 0 aromatic heterocycles. The van der Waals surface area contributed by atoms with Gasteiger partial charge in [0.1, 0.15) is 5.75 Å². The van der Waals surface area contributed by atoms with E-state index in [1.807, 2.05) is 0 Å². The van der Waals surface area contributed by atoms with E-state index in [4.69, 9.17) is 4.74 Å². The van der Waals surface area contributed by atoms with Gasteiger partial charge in [0.15, 0.2) is 0 Å². The molecule has 39 heavy (non-hydrogen) atoms. The standard InChI is InChI=1S/C31H40N2O6/c1-2-3-4-5-22-6-10-25(11-7-22)26-12-14-27(15-13-26)31(34)39-30-16-8-23(9-17-30)18-24-19-28(32(35)36)21-29(20-24)33(37)38/h8-9,16-17,19-22,25-27H,2-7,10-15,18H2,1H3. The van der Waals surface area contributed by atoms with Gasteiger partial charge in [0.05, 0.1) is 21.8 Å². The Labute approximate surface area is 230 Å². The maximum Gasteiger partial charge on any atom is 0.314 e. The molecule has 0 amide bonds. The summed E-state index contributed by atoms with van der Waals surface area (Å²) in [5.41, 5.74) is 0.664. The second kappa shape index (κ2) is 13.7. The first-order valence-electron chi connectivity index (χ1n) is 14.6. The van der Waals surface area contributed by atoms with Crippen LogP contribution in [0.2, 0.25) is 0 Å². The largest absolute Gasteiger partial charge is 0.426 e. The molecule has 2 fully saturated rings. The number of non-ortho nitro benzene ring substituents is 2. The van der Waals surface area contributed by atoms with E-state index in [2.05, 4.69) is 6.92 Å². The average Bonchev–Trinajstić information content (AvgIpc) is 2.94. The van der Waals surface area contributed by atoms with Crippen molar-refractivity contribution >= 4 is 17.3 Å². The van der Waals surface area contributed by atoms with Gasteiger partial charge in [-0.15, -0.1) is 0 Å². The van der Waals surface area contributed by atoms with E-state index >= 15 is 0 Å². The lowest BCUT2D eigenvalue weighted by atomic mass is 9.68. The molecule has 0 atom stereocenters. The molecule has 0 aliphatic heterocycles. The van der Waals surface area contributed by atoms with Crippen molar-refractivity contribution in [1.82, 2.24) is 0 Å². The first-order chi connectivity index (χ1) is 18.8. The van der Waals surface area contributed by atoms with E-state index < -0.39 is 9.85 Å². The summed E-state index contributed by atoms with van der Waals surface area (Å²) >= 11 is 0. The number of hydrogen-bond acceptors (Lipinski definition) is 6. The van der Waals surface area contributed by atoms with Crippen LogP contribution in [0.5, 0.6) is 5.75 Å². The van der Waals surface area contributed by atoms with Crippen molar-refractivity contribution in [3.63, 3.8) is 0 Å². The summed E-state index contributed by atoms with van der Waals surface area (Å²) in [5, 5.41) is 22.3. The van der Waals surface area contributed by atoms with Crippen molar-refractivity contribution in [2.24, 2.45) is 23.7 Å². The Hall–Kier alpha value is -3.29. The molecule has 0 unspecified atom stereocenters. The molecular weight excluding hydrogens is 496 g/mol. The predicted octanol–water partition coefficient (Wildman–Crippen LogP) is 8.19. The molecular formula is C31H40N2O6. The Kier molecular flexibility index (Phi) is 10.1. The van der Waals surface area contributed by atoms with Crippen LogP contribution < -0.4 is 4.74 Å². The fourth-order valence-corrected chi connectivity index (χ4v) is 6.54. The molecule has 8 nitrogen and oxygen atoms in total.